The second-order valence-corrected chi connectivity index (χ2v) is 8.69. The predicted molar refractivity (Wildman–Crippen MR) is 111 cm³/mol. The lowest BCUT2D eigenvalue weighted by atomic mass is 9.86. The number of aliphatic hydroxyl groups excluding tert-OH is 1. The van der Waals surface area contributed by atoms with Crippen molar-refractivity contribution in [2.75, 3.05) is 13.2 Å². The monoisotopic (exact) mass is 414 g/mol. The molecule has 0 bridgehead atoms. The number of hydrogen-bond donors (Lipinski definition) is 2. The van der Waals surface area contributed by atoms with Crippen molar-refractivity contribution < 1.29 is 23.8 Å². The number of aliphatic hydroxyl groups is 1. The van der Waals surface area contributed by atoms with Crippen molar-refractivity contribution in [2.24, 2.45) is 0 Å². The summed E-state index contributed by atoms with van der Waals surface area (Å²) in [5.74, 6) is -0.287. The van der Waals surface area contributed by atoms with Gasteiger partial charge in [0.2, 0.25) is 0 Å². The molecule has 3 amide bonds. The summed E-state index contributed by atoms with van der Waals surface area (Å²) in [7, 11) is 0. The Bertz CT molecular complexity index is 939. The van der Waals surface area contributed by atoms with E-state index in [1.54, 1.807) is 6.92 Å². The minimum atomic E-state index is -1.32. The zero-order valence-corrected chi connectivity index (χ0v) is 17.6. The van der Waals surface area contributed by atoms with Crippen molar-refractivity contribution in [1.29, 1.82) is 0 Å². The molecule has 0 aliphatic carbocycles. The Morgan fingerprint density at radius 3 is 2.40 bits per heavy atom. The van der Waals surface area contributed by atoms with E-state index in [-0.39, 0.29) is 18.6 Å². The Morgan fingerprint density at radius 1 is 1.13 bits per heavy atom. The first-order chi connectivity index (χ1) is 14.0. The molecule has 30 heavy (non-hydrogen) atoms. The Hall–Kier alpha value is -2.93. The highest BCUT2D eigenvalue weighted by Gasteiger charge is 2.49. The van der Waals surface area contributed by atoms with Gasteiger partial charge in [0, 0.05) is 0 Å². The molecular formula is C23H27FN2O4. The zero-order chi connectivity index (χ0) is 22.1. The van der Waals surface area contributed by atoms with Gasteiger partial charge in [0.1, 0.15) is 29.8 Å². The first-order valence-electron chi connectivity index (χ1n) is 9.83. The molecule has 2 N–H and O–H groups in total. The second-order valence-electron chi connectivity index (χ2n) is 8.69. The van der Waals surface area contributed by atoms with Crippen molar-refractivity contribution in [1.82, 2.24) is 10.2 Å². The van der Waals surface area contributed by atoms with Crippen LogP contribution in [0.3, 0.4) is 0 Å². The molecule has 2 unspecified atom stereocenters. The smallest absolute Gasteiger partial charge is 0.325 e. The number of halogens is 1. The van der Waals surface area contributed by atoms with Crippen LogP contribution in [0.1, 0.15) is 38.8 Å². The first-order valence-corrected chi connectivity index (χ1v) is 9.83. The van der Waals surface area contributed by atoms with Gasteiger partial charge in [-0.15, -0.1) is 0 Å². The van der Waals surface area contributed by atoms with Gasteiger partial charge in [0.15, 0.2) is 0 Å². The van der Waals surface area contributed by atoms with E-state index < -0.39 is 29.4 Å². The van der Waals surface area contributed by atoms with Crippen LogP contribution in [0.2, 0.25) is 0 Å². The molecule has 7 heteroatoms. The number of urea groups is 1. The number of benzene rings is 2. The maximum absolute atomic E-state index is 13.2. The average Bonchev–Trinajstić information content (AvgIpc) is 2.90. The van der Waals surface area contributed by atoms with Gasteiger partial charge in [0.25, 0.3) is 5.91 Å². The van der Waals surface area contributed by atoms with Crippen LogP contribution >= 0.6 is 0 Å². The molecular weight excluding hydrogens is 387 g/mol. The minimum Gasteiger partial charge on any atom is -0.491 e. The van der Waals surface area contributed by atoms with Crippen LogP contribution in [0.4, 0.5) is 9.18 Å². The van der Waals surface area contributed by atoms with Crippen molar-refractivity contribution in [3.63, 3.8) is 0 Å². The molecule has 1 saturated heterocycles. The zero-order valence-electron chi connectivity index (χ0n) is 17.6. The molecule has 0 radical (unpaired) electrons. The van der Waals surface area contributed by atoms with E-state index in [0.29, 0.717) is 11.3 Å². The van der Waals surface area contributed by atoms with E-state index >= 15 is 0 Å². The van der Waals surface area contributed by atoms with E-state index in [1.165, 1.54) is 24.3 Å². The Balaban J connectivity index is 1.67. The molecule has 2 aromatic rings. The summed E-state index contributed by atoms with van der Waals surface area (Å²) in [6.07, 6.45) is -1.07. The van der Waals surface area contributed by atoms with Gasteiger partial charge >= 0.3 is 6.03 Å². The van der Waals surface area contributed by atoms with Gasteiger partial charge in [-0.2, -0.15) is 0 Å². The molecule has 3 rings (SSSR count). The van der Waals surface area contributed by atoms with Crippen LogP contribution in [0.5, 0.6) is 5.75 Å². The number of imide groups is 1. The molecule has 160 valence electrons. The number of nitrogens with zero attached hydrogens (tertiary/aromatic N) is 1. The van der Waals surface area contributed by atoms with E-state index in [4.69, 9.17) is 4.74 Å². The van der Waals surface area contributed by atoms with Crippen LogP contribution in [-0.2, 0) is 15.7 Å². The van der Waals surface area contributed by atoms with E-state index in [0.717, 1.165) is 10.5 Å². The summed E-state index contributed by atoms with van der Waals surface area (Å²) in [5.41, 5.74) is 0.0127. The highest BCUT2D eigenvalue weighted by Crippen LogP contribution is 2.31. The molecule has 2 aromatic carbocycles. The first kappa shape index (κ1) is 21.8. The molecule has 6 nitrogen and oxygen atoms in total. The molecule has 1 aliphatic rings. The summed E-state index contributed by atoms with van der Waals surface area (Å²) < 4.78 is 19.0. The van der Waals surface area contributed by atoms with E-state index in [2.05, 4.69) is 26.1 Å². The lowest BCUT2D eigenvalue weighted by Gasteiger charge is -2.25. The summed E-state index contributed by atoms with van der Waals surface area (Å²) in [6, 6.07) is 12.3. The summed E-state index contributed by atoms with van der Waals surface area (Å²) in [5, 5.41) is 13.1. The number of carbonyl (C=O) groups is 2. The summed E-state index contributed by atoms with van der Waals surface area (Å²) in [6.45, 7) is 7.47. The second kappa shape index (κ2) is 8.07. The predicted octanol–water partition coefficient (Wildman–Crippen LogP) is 3.33. The Kier molecular flexibility index (Phi) is 5.85. The molecule has 0 aromatic heterocycles. The third-order valence-electron chi connectivity index (χ3n) is 5.22. The standard InChI is InChI=1S/C23H27FN2O4/c1-22(2,3)18-7-5-6-8-19(18)30-14-17(27)13-26-20(28)23(4,25-21(26)29)15-9-11-16(24)12-10-15/h5-12,17,27H,13-14H2,1-4H3,(H,25,29). The number of para-hydroxylation sites is 1. The quantitative estimate of drug-likeness (QED) is 0.711. The molecule has 1 aliphatic heterocycles. The van der Waals surface area contributed by atoms with Gasteiger partial charge in [0.05, 0.1) is 6.54 Å². The van der Waals surface area contributed by atoms with Gasteiger partial charge in [-0.3, -0.25) is 9.69 Å². The van der Waals surface area contributed by atoms with E-state index in [9.17, 15) is 19.1 Å². The van der Waals surface area contributed by atoms with Crippen LogP contribution in [0, 0.1) is 5.82 Å². The van der Waals surface area contributed by atoms with Crippen molar-refractivity contribution >= 4 is 11.9 Å². The van der Waals surface area contributed by atoms with Crippen molar-refractivity contribution in [2.45, 2.75) is 44.8 Å². The van der Waals surface area contributed by atoms with Gasteiger partial charge in [-0.1, -0.05) is 51.1 Å². The molecule has 1 fully saturated rings. The van der Waals surface area contributed by atoms with Crippen LogP contribution in [0.15, 0.2) is 48.5 Å². The molecule has 0 saturated carbocycles. The maximum Gasteiger partial charge on any atom is 0.325 e. The Labute approximate surface area is 175 Å². The fraction of sp³-hybridized carbons (Fsp3) is 0.391. The van der Waals surface area contributed by atoms with Gasteiger partial charge in [-0.05, 0) is 41.7 Å². The fourth-order valence-corrected chi connectivity index (χ4v) is 3.50. The minimum absolute atomic E-state index is 0.0720. The normalized spacial score (nSPS) is 20.3. The largest absolute Gasteiger partial charge is 0.491 e. The lowest BCUT2D eigenvalue weighted by molar-refractivity contribution is -0.132. The lowest BCUT2D eigenvalue weighted by Crippen LogP contribution is -2.42. The molecule has 2 atom stereocenters. The number of carbonyl (C=O) groups excluding carboxylic acids is 2. The van der Waals surface area contributed by atoms with Gasteiger partial charge < -0.3 is 15.2 Å². The number of amides is 3. The topological polar surface area (TPSA) is 78.9 Å². The van der Waals surface area contributed by atoms with Crippen LogP contribution < -0.4 is 10.1 Å². The third kappa shape index (κ3) is 4.31. The number of hydrogen-bond acceptors (Lipinski definition) is 4. The summed E-state index contributed by atoms with van der Waals surface area (Å²) in [4.78, 5) is 26.3. The van der Waals surface area contributed by atoms with Crippen molar-refractivity contribution in [3.05, 3.63) is 65.5 Å². The van der Waals surface area contributed by atoms with Gasteiger partial charge in [-0.25, -0.2) is 9.18 Å². The fourth-order valence-electron chi connectivity index (χ4n) is 3.50. The van der Waals surface area contributed by atoms with Crippen LogP contribution in [-0.4, -0.2) is 41.2 Å². The number of β-amino-alcohol motifs (C(OH)–C–C–N with tert-alkyl or cyclic N) is 1. The number of ether oxygens (including phenoxy) is 1. The highest BCUT2D eigenvalue weighted by atomic mass is 19.1. The SMILES string of the molecule is CC(C)(C)c1ccccc1OCC(O)CN1C(=O)NC(C)(c2ccc(F)cc2)C1=O. The molecule has 1 heterocycles. The third-order valence-corrected chi connectivity index (χ3v) is 5.22. The molecule has 0 spiro atoms. The van der Waals surface area contributed by atoms with Crippen molar-refractivity contribution in [3.8, 4) is 5.75 Å². The van der Waals surface area contributed by atoms with Crippen LogP contribution in [0.25, 0.3) is 0 Å². The summed E-state index contributed by atoms with van der Waals surface area (Å²) >= 11 is 0. The number of nitrogens with one attached hydrogen (secondary N) is 1. The number of rotatable bonds is 6. The van der Waals surface area contributed by atoms with E-state index in [1.807, 2.05) is 24.3 Å². The Morgan fingerprint density at radius 2 is 1.77 bits per heavy atom. The maximum atomic E-state index is 13.2. The highest BCUT2D eigenvalue weighted by molar-refractivity contribution is 6.07. The average molecular weight is 414 g/mol.